The Morgan fingerprint density at radius 3 is 2.46 bits per heavy atom. The second kappa shape index (κ2) is 4.37. The molecule has 0 aliphatic rings. The largest absolute Gasteiger partial charge is 0.389 e. The quantitative estimate of drug-likeness (QED) is 0.759. The lowest BCUT2D eigenvalue weighted by molar-refractivity contribution is 0.0345. The molecule has 0 radical (unpaired) electrons. The smallest absolute Gasteiger partial charge is 0.117 e. The van der Waals surface area contributed by atoms with E-state index in [-0.39, 0.29) is 5.88 Å². The fraction of sp³-hybridized carbons (Fsp3) is 0.625. The van der Waals surface area contributed by atoms with Gasteiger partial charge in [-0.1, -0.05) is 0 Å². The average molecular weight is 222 g/mol. The molecule has 0 fully saturated rings. The maximum absolute atomic E-state index is 9.62. The van der Waals surface area contributed by atoms with Gasteiger partial charge in [0.15, 0.2) is 0 Å². The van der Waals surface area contributed by atoms with Gasteiger partial charge in [0.25, 0.3) is 0 Å². The molecule has 3 nitrogen and oxygen atoms in total. The Kier molecular flexibility index (Phi) is 3.67. The van der Waals surface area contributed by atoms with Crippen molar-refractivity contribution in [2.75, 3.05) is 5.88 Å². The number of hydrogen-bond donors (Lipinski definition) is 2. The van der Waals surface area contributed by atoms with Gasteiger partial charge in [-0.3, -0.25) is 0 Å². The molecule has 2 unspecified atom stereocenters. The monoisotopic (exact) mass is 221 g/mol. The maximum atomic E-state index is 9.62. The predicted molar refractivity (Wildman–Crippen MR) is 53.3 cm³/mol. The Bertz CT molecular complexity index is 290. The molecule has 74 valence electrons. The second-order valence-corrected chi connectivity index (χ2v) is 4.39. The summed E-state index contributed by atoms with van der Waals surface area (Å²) in [6.07, 6.45) is -1.83. The molecule has 1 rings (SSSR count). The van der Waals surface area contributed by atoms with Crippen molar-refractivity contribution in [3.05, 3.63) is 15.6 Å². The van der Waals surface area contributed by atoms with Crippen LogP contribution in [0.2, 0.25) is 0 Å². The number of rotatable bonds is 3. The fourth-order valence-electron chi connectivity index (χ4n) is 1.08. The molecule has 5 heteroatoms. The van der Waals surface area contributed by atoms with Gasteiger partial charge in [-0.2, -0.15) is 0 Å². The molecule has 1 aromatic heterocycles. The number of halogens is 1. The van der Waals surface area contributed by atoms with Crippen LogP contribution in [0.4, 0.5) is 0 Å². The van der Waals surface area contributed by atoms with Crippen LogP contribution >= 0.6 is 22.9 Å². The molecule has 0 saturated heterocycles. The van der Waals surface area contributed by atoms with Gasteiger partial charge in [0.2, 0.25) is 0 Å². The van der Waals surface area contributed by atoms with Crippen molar-refractivity contribution >= 4 is 22.9 Å². The minimum absolute atomic E-state index is 0.0254. The molecule has 1 aromatic rings. The van der Waals surface area contributed by atoms with Crippen molar-refractivity contribution in [1.82, 2.24) is 4.98 Å². The average Bonchev–Trinajstić information content (AvgIpc) is 2.42. The molecule has 0 amide bonds. The summed E-state index contributed by atoms with van der Waals surface area (Å²) in [5, 5.41) is 19.8. The zero-order chi connectivity index (χ0) is 10.0. The van der Waals surface area contributed by atoms with Crippen LogP contribution < -0.4 is 0 Å². The highest BCUT2D eigenvalue weighted by atomic mass is 35.5. The van der Waals surface area contributed by atoms with Crippen molar-refractivity contribution in [1.29, 1.82) is 0 Å². The third-order valence-electron chi connectivity index (χ3n) is 1.73. The summed E-state index contributed by atoms with van der Waals surface area (Å²) < 4.78 is 0. The lowest BCUT2D eigenvalue weighted by Crippen LogP contribution is -2.19. The first-order chi connectivity index (χ1) is 6.06. The molecule has 0 aliphatic heterocycles. The first-order valence-corrected chi connectivity index (χ1v) is 5.27. The number of thiazole rings is 1. The van der Waals surface area contributed by atoms with E-state index >= 15 is 0 Å². The molecule has 0 saturated carbocycles. The van der Waals surface area contributed by atoms with Crippen LogP contribution in [0.1, 0.15) is 21.7 Å². The zero-order valence-corrected chi connectivity index (χ0v) is 9.06. The minimum atomic E-state index is -0.916. The number of aromatic nitrogens is 1. The Balaban J connectivity index is 2.87. The van der Waals surface area contributed by atoms with Crippen LogP contribution in [0.25, 0.3) is 0 Å². The molecule has 0 spiro atoms. The molecule has 0 aromatic carbocycles. The molecular formula is C8H12ClNO2S. The highest BCUT2D eigenvalue weighted by Crippen LogP contribution is 2.27. The van der Waals surface area contributed by atoms with Crippen molar-refractivity contribution in [3.63, 3.8) is 0 Å². The van der Waals surface area contributed by atoms with E-state index in [2.05, 4.69) is 4.98 Å². The van der Waals surface area contributed by atoms with Crippen LogP contribution in [0, 0.1) is 13.8 Å². The van der Waals surface area contributed by atoms with Gasteiger partial charge < -0.3 is 10.2 Å². The number of hydrogen-bond acceptors (Lipinski definition) is 4. The van der Waals surface area contributed by atoms with E-state index in [4.69, 9.17) is 11.6 Å². The van der Waals surface area contributed by atoms with Gasteiger partial charge in [0, 0.05) is 0 Å². The van der Waals surface area contributed by atoms with Crippen molar-refractivity contribution < 1.29 is 10.2 Å². The van der Waals surface area contributed by atoms with E-state index in [1.165, 1.54) is 11.3 Å². The molecular weight excluding hydrogens is 210 g/mol. The summed E-state index contributed by atoms with van der Waals surface area (Å²) in [7, 11) is 0. The van der Waals surface area contributed by atoms with E-state index in [9.17, 15) is 10.2 Å². The highest BCUT2D eigenvalue weighted by Gasteiger charge is 2.21. The van der Waals surface area contributed by atoms with Gasteiger partial charge in [-0.05, 0) is 13.8 Å². The topological polar surface area (TPSA) is 53.4 Å². The Labute approximate surface area is 86.0 Å². The lowest BCUT2D eigenvalue weighted by atomic mass is 10.2. The molecule has 1 heterocycles. The maximum Gasteiger partial charge on any atom is 0.117 e. The van der Waals surface area contributed by atoms with Crippen LogP contribution in [0.3, 0.4) is 0 Å². The molecule has 13 heavy (non-hydrogen) atoms. The standard InChI is InChI=1S/C8H12ClNO2S/c1-4-8(13-5(2)10-4)7(12)6(11)3-9/h6-7,11-12H,3H2,1-2H3. The molecule has 2 N–H and O–H groups in total. The molecule has 2 atom stereocenters. The predicted octanol–water partition coefficient (Wildman–Crippen LogP) is 1.39. The first kappa shape index (κ1) is 10.9. The number of aryl methyl sites for hydroxylation is 2. The van der Waals surface area contributed by atoms with Gasteiger partial charge >= 0.3 is 0 Å². The van der Waals surface area contributed by atoms with Crippen LogP contribution in [0.15, 0.2) is 0 Å². The molecule has 0 aliphatic carbocycles. The van der Waals surface area contributed by atoms with Gasteiger partial charge in [0.1, 0.15) is 6.10 Å². The number of nitrogens with zero attached hydrogens (tertiary/aromatic N) is 1. The van der Waals surface area contributed by atoms with Crippen molar-refractivity contribution in [3.8, 4) is 0 Å². The van der Waals surface area contributed by atoms with Crippen LogP contribution in [-0.2, 0) is 0 Å². The van der Waals surface area contributed by atoms with E-state index in [0.29, 0.717) is 4.88 Å². The Hall–Kier alpha value is -0.160. The minimum Gasteiger partial charge on any atom is -0.389 e. The van der Waals surface area contributed by atoms with Crippen molar-refractivity contribution in [2.24, 2.45) is 0 Å². The third-order valence-corrected chi connectivity index (χ3v) is 3.19. The fourth-order valence-corrected chi connectivity index (χ4v) is 2.22. The lowest BCUT2D eigenvalue weighted by Gasteiger charge is -2.13. The van der Waals surface area contributed by atoms with E-state index in [1.54, 1.807) is 0 Å². The summed E-state index contributed by atoms with van der Waals surface area (Å²) in [5.41, 5.74) is 0.763. The van der Waals surface area contributed by atoms with Crippen molar-refractivity contribution in [2.45, 2.75) is 26.1 Å². The Morgan fingerprint density at radius 1 is 1.46 bits per heavy atom. The van der Waals surface area contributed by atoms with Gasteiger partial charge in [-0.25, -0.2) is 4.98 Å². The van der Waals surface area contributed by atoms with E-state index in [0.717, 1.165) is 10.7 Å². The zero-order valence-electron chi connectivity index (χ0n) is 7.49. The first-order valence-electron chi connectivity index (χ1n) is 3.92. The number of alkyl halides is 1. The number of aliphatic hydroxyl groups excluding tert-OH is 2. The summed E-state index contributed by atoms with van der Waals surface area (Å²) in [5.74, 6) is 0.0254. The Morgan fingerprint density at radius 2 is 2.08 bits per heavy atom. The summed E-state index contributed by atoms with van der Waals surface area (Å²) >= 11 is 6.82. The third kappa shape index (κ3) is 2.40. The SMILES string of the molecule is Cc1nc(C)c(C(O)C(O)CCl)s1. The summed E-state index contributed by atoms with van der Waals surface area (Å²) in [4.78, 5) is 4.85. The molecule has 0 bridgehead atoms. The number of aliphatic hydroxyl groups is 2. The van der Waals surface area contributed by atoms with Gasteiger partial charge in [0.05, 0.1) is 27.6 Å². The summed E-state index contributed by atoms with van der Waals surface area (Å²) in [6, 6.07) is 0. The van der Waals surface area contributed by atoms with E-state index in [1.807, 2.05) is 13.8 Å². The highest BCUT2D eigenvalue weighted by molar-refractivity contribution is 7.11. The van der Waals surface area contributed by atoms with E-state index < -0.39 is 12.2 Å². The normalized spacial score (nSPS) is 15.8. The van der Waals surface area contributed by atoms with Crippen LogP contribution in [-0.4, -0.2) is 27.2 Å². The summed E-state index contributed by atoms with van der Waals surface area (Å²) in [6.45, 7) is 3.67. The van der Waals surface area contributed by atoms with Crippen LogP contribution in [0.5, 0.6) is 0 Å². The van der Waals surface area contributed by atoms with Gasteiger partial charge in [-0.15, -0.1) is 22.9 Å². The second-order valence-electron chi connectivity index (χ2n) is 2.85.